The van der Waals surface area contributed by atoms with Crippen LogP contribution in [-0.4, -0.2) is 47.1 Å². The molecule has 31 heavy (non-hydrogen) atoms. The number of urea groups is 1. The lowest BCUT2D eigenvalue weighted by atomic mass is 10.1. The maximum Gasteiger partial charge on any atom is 0.325 e. The van der Waals surface area contributed by atoms with Crippen molar-refractivity contribution in [3.63, 3.8) is 0 Å². The molecule has 1 saturated heterocycles. The molecular weight excluding hydrogens is 412 g/mol. The Balaban J connectivity index is 1.51. The molecule has 7 heteroatoms. The molecule has 0 bridgehead atoms. The number of hydrogen-bond acceptors (Lipinski definition) is 5. The zero-order valence-electron chi connectivity index (χ0n) is 18.1. The van der Waals surface area contributed by atoms with E-state index < -0.39 is 11.6 Å². The highest BCUT2D eigenvalue weighted by Crippen LogP contribution is 2.26. The third kappa shape index (κ3) is 5.88. The van der Waals surface area contributed by atoms with Crippen LogP contribution in [0.1, 0.15) is 33.6 Å². The number of ether oxygens (including phenoxy) is 1. The molecule has 0 atom stereocenters. The lowest BCUT2D eigenvalue weighted by molar-refractivity contribution is -0.133. The van der Waals surface area contributed by atoms with Crippen molar-refractivity contribution in [3.05, 3.63) is 48.5 Å². The summed E-state index contributed by atoms with van der Waals surface area (Å²) in [5.41, 5.74) is 1.22. The number of hydrogen-bond donors (Lipinski definition) is 1. The first-order valence-corrected chi connectivity index (χ1v) is 11.4. The topological polar surface area (TPSA) is 75.7 Å². The standard InChI is InChI=1S/C24H28N2O4S/c1-4-5-14-30-20-10-6-17(7-11-20)18-8-12-21(13-9-18)31-16-19(27)15-26-22(28)24(2,3)25-23(26)29/h6-13H,4-5,14-16H2,1-3H3,(H,25,29). The first kappa shape index (κ1) is 22.9. The van der Waals surface area contributed by atoms with Crippen molar-refractivity contribution < 1.29 is 19.1 Å². The third-order valence-corrected chi connectivity index (χ3v) is 6.06. The largest absolute Gasteiger partial charge is 0.494 e. The molecule has 3 rings (SSSR count). The van der Waals surface area contributed by atoms with Crippen LogP contribution in [0.2, 0.25) is 0 Å². The molecule has 0 spiro atoms. The molecule has 1 N–H and O–H groups in total. The number of Topliss-reactive ketones (excluding diaryl/α,β-unsaturated/α-hetero) is 1. The number of nitrogens with one attached hydrogen (secondary N) is 1. The number of thioether (sulfide) groups is 1. The van der Waals surface area contributed by atoms with Crippen LogP contribution in [0.4, 0.5) is 4.79 Å². The highest BCUT2D eigenvalue weighted by molar-refractivity contribution is 8.00. The molecular formula is C24H28N2O4S. The van der Waals surface area contributed by atoms with E-state index in [1.54, 1.807) is 13.8 Å². The summed E-state index contributed by atoms with van der Waals surface area (Å²) in [6.07, 6.45) is 2.15. The zero-order chi connectivity index (χ0) is 22.4. The molecule has 0 radical (unpaired) electrons. The van der Waals surface area contributed by atoms with E-state index in [1.165, 1.54) is 11.8 Å². The van der Waals surface area contributed by atoms with Gasteiger partial charge in [-0.2, -0.15) is 0 Å². The van der Waals surface area contributed by atoms with Crippen molar-refractivity contribution in [3.8, 4) is 16.9 Å². The fourth-order valence-corrected chi connectivity index (χ4v) is 3.92. The Morgan fingerprint density at radius 1 is 1.03 bits per heavy atom. The maximum atomic E-state index is 12.3. The Bertz CT molecular complexity index is 939. The second-order valence-electron chi connectivity index (χ2n) is 8.02. The average Bonchev–Trinajstić information content (AvgIpc) is 2.95. The van der Waals surface area contributed by atoms with Crippen LogP contribution in [-0.2, 0) is 9.59 Å². The Morgan fingerprint density at radius 2 is 1.65 bits per heavy atom. The minimum Gasteiger partial charge on any atom is -0.494 e. The number of carbonyl (C=O) groups excluding carboxylic acids is 3. The fourth-order valence-electron chi connectivity index (χ4n) is 3.17. The summed E-state index contributed by atoms with van der Waals surface area (Å²) < 4.78 is 5.70. The van der Waals surface area contributed by atoms with Gasteiger partial charge in [-0.25, -0.2) is 4.79 Å². The summed E-state index contributed by atoms with van der Waals surface area (Å²) >= 11 is 1.39. The minimum atomic E-state index is -0.958. The number of ketones is 1. The molecule has 2 aromatic rings. The second kappa shape index (κ2) is 10.0. The molecule has 164 valence electrons. The van der Waals surface area contributed by atoms with Gasteiger partial charge in [-0.1, -0.05) is 37.6 Å². The molecule has 1 aliphatic rings. The summed E-state index contributed by atoms with van der Waals surface area (Å²) in [6, 6.07) is 15.5. The van der Waals surface area contributed by atoms with Gasteiger partial charge in [-0.3, -0.25) is 14.5 Å². The van der Waals surface area contributed by atoms with Gasteiger partial charge in [0.25, 0.3) is 5.91 Å². The molecule has 0 saturated carbocycles. The Morgan fingerprint density at radius 3 is 2.19 bits per heavy atom. The summed E-state index contributed by atoms with van der Waals surface area (Å²) in [7, 11) is 0. The van der Waals surface area contributed by atoms with E-state index in [0.717, 1.165) is 46.1 Å². The van der Waals surface area contributed by atoms with E-state index in [9.17, 15) is 14.4 Å². The predicted molar refractivity (Wildman–Crippen MR) is 122 cm³/mol. The summed E-state index contributed by atoms with van der Waals surface area (Å²) in [5.74, 6) is 0.521. The molecule has 0 aliphatic carbocycles. The first-order chi connectivity index (χ1) is 14.8. The summed E-state index contributed by atoms with van der Waals surface area (Å²) in [4.78, 5) is 38.3. The lowest BCUT2D eigenvalue weighted by Gasteiger charge is -2.15. The molecule has 0 aromatic heterocycles. The summed E-state index contributed by atoms with van der Waals surface area (Å²) in [5, 5.41) is 2.58. The van der Waals surface area contributed by atoms with Crippen LogP contribution in [0, 0.1) is 0 Å². The van der Waals surface area contributed by atoms with Crippen molar-refractivity contribution in [2.75, 3.05) is 18.9 Å². The van der Waals surface area contributed by atoms with E-state index in [4.69, 9.17) is 4.74 Å². The van der Waals surface area contributed by atoms with Crippen LogP contribution in [0.15, 0.2) is 53.4 Å². The van der Waals surface area contributed by atoms with Crippen molar-refractivity contribution in [2.45, 2.75) is 44.0 Å². The van der Waals surface area contributed by atoms with Crippen LogP contribution in [0.3, 0.4) is 0 Å². The first-order valence-electron chi connectivity index (χ1n) is 10.4. The van der Waals surface area contributed by atoms with Crippen LogP contribution < -0.4 is 10.1 Å². The fraction of sp³-hybridized carbons (Fsp3) is 0.375. The highest BCUT2D eigenvalue weighted by Gasteiger charge is 2.44. The van der Waals surface area contributed by atoms with E-state index >= 15 is 0 Å². The van der Waals surface area contributed by atoms with Crippen molar-refractivity contribution in [2.24, 2.45) is 0 Å². The molecule has 6 nitrogen and oxygen atoms in total. The van der Waals surface area contributed by atoms with Gasteiger partial charge in [0, 0.05) is 4.90 Å². The number of unbranched alkanes of at least 4 members (excludes halogenated alkanes) is 1. The Labute approximate surface area is 187 Å². The molecule has 1 aliphatic heterocycles. The highest BCUT2D eigenvalue weighted by atomic mass is 32.2. The van der Waals surface area contributed by atoms with Crippen LogP contribution in [0.5, 0.6) is 5.75 Å². The Hall–Kier alpha value is -2.80. The van der Waals surface area contributed by atoms with Gasteiger partial charge in [0.05, 0.1) is 18.9 Å². The zero-order valence-corrected chi connectivity index (χ0v) is 19.0. The van der Waals surface area contributed by atoms with Crippen LogP contribution in [0.25, 0.3) is 11.1 Å². The maximum absolute atomic E-state index is 12.3. The quantitative estimate of drug-likeness (QED) is 0.334. The number of amides is 3. The Kier molecular flexibility index (Phi) is 7.38. The number of nitrogens with zero attached hydrogens (tertiary/aromatic N) is 1. The van der Waals surface area contributed by atoms with Gasteiger partial charge >= 0.3 is 6.03 Å². The lowest BCUT2D eigenvalue weighted by Crippen LogP contribution is -2.41. The molecule has 1 heterocycles. The molecule has 1 fully saturated rings. The number of imide groups is 1. The number of carbonyl (C=O) groups is 3. The van der Waals surface area contributed by atoms with Gasteiger partial charge < -0.3 is 10.1 Å². The van der Waals surface area contributed by atoms with E-state index in [1.807, 2.05) is 48.5 Å². The second-order valence-corrected chi connectivity index (χ2v) is 9.07. The van der Waals surface area contributed by atoms with Gasteiger partial charge in [0.15, 0.2) is 5.78 Å². The monoisotopic (exact) mass is 440 g/mol. The summed E-state index contributed by atoms with van der Waals surface area (Å²) in [6.45, 7) is 5.92. The van der Waals surface area contributed by atoms with Crippen molar-refractivity contribution >= 4 is 29.5 Å². The van der Waals surface area contributed by atoms with Gasteiger partial charge in [0.1, 0.15) is 11.3 Å². The minimum absolute atomic E-state index is 0.172. The van der Waals surface area contributed by atoms with E-state index in [-0.39, 0.29) is 24.0 Å². The normalized spacial score (nSPS) is 15.1. The third-order valence-electron chi connectivity index (χ3n) is 4.99. The molecule has 3 amide bonds. The van der Waals surface area contributed by atoms with Gasteiger partial charge in [-0.05, 0) is 55.7 Å². The average molecular weight is 441 g/mol. The van der Waals surface area contributed by atoms with Crippen molar-refractivity contribution in [1.29, 1.82) is 0 Å². The van der Waals surface area contributed by atoms with Gasteiger partial charge in [-0.15, -0.1) is 11.8 Å². The SMILES string of the molecule is CCCCOc1ccc(-c2ccc(SCC(=O)CN3C(=O)NC(C)(C)C3=O)cc2)cc1. The number of benzene rings is 2. The molecule has 2 aromatic carbocycles. The van der Waals surface area contributed by atoms with Crippen molar-refractivity contribution in [1.82, 2.24) is 10.2 Å². The van der Waals surface area contributed by atoms with Gasteiger partial charge in [0.2, 0.25) is 0 Å². The number of rotatable bonds is 10. The van der Waals surface area contributed by atoms with E-state index in [0.29, 0.717) is 0 Å². The van der Waals surface area contributed by atoms with Crippen LogP contribution >= 0.6 is 11.8 Å². The smallest absolute Gasteiger partial charge is 0.325 e. The predicted octanol–water partition coefficient (Wildman–Crippen LogP) is 4.52. The molecule has 0 unspecified atom stereocenters. The van der Waals surface area contributed by atoms with E-state index in [2.05, 4.69) is 12.2 Å².